The Balaban J connectivity index is 1.24. The smallest absolute Gasteiger partial charge is 0.0446 e. The molecule has 0 radical (unpaired) electrons. The van der Waals surface area contributed by atoms with Gasteiger partial charge >= 0.3 is 0 Å². The van der Waals surface area contributed by atoms with E-state index in [1.807, 2.05) is 11.3 Å². The van der Waals surface area contributed by atoms with E-state index in [0.29, 0.717) is 0 Å². The highest BCUT2D eigenvalue weighted by Crippen LogP contribution is 2.59. The molecule has 57 heavy (non-hydrogen) atoms. The van der Waals surface area contributed by atoms with Crippen molar-refractivity contribution < 1.29 is 0 Å². The monoisotopic (exact) mass is 740 g/mol. The molecular weight excluding hydrogens is 705 g/mol. The van der Waals surface area contributed by atoms with Crippen molar-refractivity contribution in [2.24, 2.45) is 0 Å². The lowest BCUT2D eigenvalue weighted by atomic mass is 9.82. The Labute approximate surface area is 335 Å². The number of rotatable bonds is 4. The lowest BCUT2D eigenvalue weighted by molar-refractivity contribution is 1.47. The predicted molar refractivity (Wildman–Crippen MR) is 247 cm³/mol. The van der Waals surface area contributed by atoms with Crippen LogP contribution in [0, 0.1) is 13.8 Å². The number of hydrogen-bond acceptors (Lipinski definition) is 1. The maximum atomic E-state index is 2.44. The third-order valence-corrected chi connectivity index (χ3v) is 13.5. The average Bonchev–Trinajstić information content (AvgIpc) is 3.80. The first kappa shape index (κ1) is 32.4. The molecule has 1 heterocycles. The molecule has 0 unspecified atom stereocenters. The summed E-state index contributed by atoms with van der Waals surface area (Å²) >= 11 is 1.93. The van der Waals surface area contributed by atoms with E-state index >= 15 is 0 Å². The molecule has 1 aliphatic rings. The topological polar surface area (TPSA) is 0 Å². The van der Waals surface area contributed by atoms with E-state index in [9.17, 15) is 0 Å². The van der Waals surface area contributed by atoms with Gasteiger partial charge in [0.1, 0.15) is 0 Å². The van der Waals surface area contributed by atoms with Gasteiger partial charge in [-0.25, -0.2) is 0 Å². The molecule has 266 valence electrons. The van der Waals surface area contributed by atoms with Crippen LogP contribution in [0.2, 0.25) is 0 Å². The van der Waals surface area contributed by atoms with E-state index < -0.39 is 0 Å². The molecule has 0 aliphatic heterocycles. The van der Waals surface area contributed by atoms with Crippen LogP contribution in [-0.2, 0) is 0 Å². The summed E-state index contributed by atoms with van der Waals surface area (Å²) in [6, 6.07) is 68.3. The summed E-state index contributed by atoms with van der Waals surface area (Å²) < 4.78 is 2.66. The highest BCUT2D eigenvalue weighted by Gasteiger charge is 2.32. The fourth-order valence-corrected chi connectivity index (χ4v) is 11.2. The zero-order valence-corrected chi connectivity index (χ0v) is 32.5. The third kappa shape index (κ3) is 4.67. The maximum absolute atomic E-state index is 2.44. The molecule has 11 aromatic rings. The largest absolute Gasteiger partial charge is 0.134 e. The van der Waals surface area contributed by atoms with E-state index in [2.05, 4.69) is 196 Å². The second kappa shape index (κ2) is 12.4. The van der Waals surface area contributed by atoms with Crippen LogP contribution in [0.5, 0.6) is 0 Å². The Hall–Kier alpha value is -6.80. The summed E-state index contributed by atoms with van der Waals surface area (Å²) in [6.45, 7) is 4.35. The van der Waals surface area contributed by atoms with Gasteiger partial charge in [0.05, 0.1) is 0 Å². The Bertz CT molecular complexity index is 3340. The summed E-state index contributed by atoms with van der Waals surface area (Å²) in [5, 5.41) is 10.5. The predicted octanol–water partition coefficient (Wildman–Crippen LogP) is 16.4. The van der Waals surface area contributed by atoms with Gasteiger partial charge in [0, 0.05) is 25.7 Å². The molecular formula is C56H36S. The highest BCUT2D eigenvalue weighted by atomic mass is 32.1. The number of benzene rings is 10. The van der Waals surface area contributed by atoms with Crippen molar-refractivity contribution in [2.45, 2.75) is 13.8 Å². The van der Waals surface area contributed by atoms with E-state index in [1.165, 1.54) is 130 Å². The van der Waals surface area contributed by atoms with Crippen LogP contribution in [0.25, 0.3) is 119 Å². The van der Waals surface area contributed by atoms with Crippen molar-refractivity contribution >= 4 is 63.8 Å². The molecule has 1 heteroatoms. The van der Waals surface area contributed by atoms with Gasteiger partial charge in [-0.05, 0) is 113 Å². The Kier molecular flexibility index (Phi) is 7.03. The van der Waals surface area contributed by atoms with Gasteiger partial charge in [-0.2, -0.15) is 0 Å². The average molecular weight is 741 g/mol. The molecule has 0 N–H and O–H groups in total. The molecule has 1 aromatic heterocycles. The van der Waals surface area contributed by atoms with Crippen LogP contribution in [0.4, 0.5) is 0 Å². The van der Waals surface area contributed by atoms with E-state index in [1.54, 1.807) is 0 Å². The van der Waals surface area contributed by atoms with Crippen LogP contribution in [-0.4, -0.2) is 0 Å². The van der Waals surface area contributed by atoms with Crippen molar-refractivity contribution in [3.05, 3.63) is 193 Å². The van der Waals surface area contributed by atoms with Gasteiger partial charge in [-0.15, -0.1) is 11.3 Å². The molecule has 0 nitrogen and oxygen atoms in total. The van der Waals surface area contributed by atoms with Crippen LogP contribution < -0.4 is 0 Å². The van der Waals surface area contributed by atoms with Crippen molar-refractivity contribution in [3.63, 3.8) is 0 Å². The third-order valence-electron chi connectivity index (χ3n) is 12.3. The minimum atomic E-state index is 1.25. The zero-order valence-electron chi connectivity index (χ0n) is 31.7. The first-order valence-corrected chi connectivity index (χ1v) is 20.7. The molecule has 0 spiro atoms. The highest BCUT2D eigenvalue weighted by molar-refractivity contribution is 7.26. The van der Waals surface area contributed by atoms with Crippen molar-refractivity contribution in [2.75, 3.05) is 0 Å². The summed E-state index contributed by atoms with van der Waals surface area (Å²) in [7, 11) is 0. The molecule has 0 saturated heterocycles. The lowest BCUT2D eigenvalue weighted by Gasteiger charge is -2.20. The van der Waals surface area contributed by atoms with Crippen LogP contribution in [0.1, 0.15) is 11.1 Å². The van der Waals surface area contributed by atoms with Gasteiger partial charge in [-0.3, -0.25) is 0 Å². The maximum Gasteiger partial charge on any atom is 0.0446 e. The SMILES string of the molecule is Cc1ccc(-c2c3c(c(-c4ccc(C)cc4)c4ccccc24)-c2ccc(-c4c5ccccc5c(-c5ccccc5)c5c4sc4ccccc45)c4cccc-3c24)cc1. The summed E-state index contributed by atoms with van der Waals surface area (Å²) in [5.41, 5.74) is 18.1. The van der Waals surface area contributed by atoms with Gasteiger partial charge in [-0.1, -0.05) is 187 Å². The van der Waals surface area contributed by atoms with E-state index in [0.717, 1.165) is 0 Å². The second-order valence-corrected chi connectivity index (χ2v) is 16.7. The number of fused-ring (bicyclic) bond motifs is 8. The molecule has 0 bridgehead atoms. The summed E-state index contributed by atoms with van der Waals surface area (Å²) in [6.07, 6.45) is 0. The minimum absolute atomic E-state index is 1.25. The van der Waals surface area contributed by atoms with Gasteiger partial charge in [0.2, 0.25) is 0 Å². The van der Waals surface area contributed by atoms with Gasteiger partial charge < -0.3 is 0 Å². The lowest BCUT2D eigenvalue weighted by Crippen LogP contribution is -1.93. The Morgan fingerprint density at radius 2 is 0.737 bits per heavy atom. The minimum Gasteiger partial charge on any atom is -0.134 e. The molecule has 10 aromatic carbocycles. The summed E-state index contributed by atoms with van der Waals surface area (Å²) in [5.74, 6) is 0. The Morgan fingerprint density at radius 3 is 1.35 bits per heavy atom. The number of thiophene rings is 1. The fourth-order valence-electron chi connectivity index (χ4n) is 9.88. The molecule has 1 aliphatic carbocycles. The molecule has 0 atom stereocenters. The fraction of sp³-hybridized carbons (Fsp3) is 0.0357. The van der Waals surface area contributed by atoms with Crippen LogP contribution >= 0.6 is 11.3 Å². The summed E-state index contributed by atoms with van der Waals surface area (Å²) in [4.78, 5) is 0. The normalized spacial score (nSPS) is 12.0. The molecule has 0 saturated carbocycles. The van der Waals surface area contributed by atoms with E-state index in [-0.39, 0.29) is 0 Å². The van der Waals surface area contributed by atoms with E-state index in [4.69, 9.17) is 0 Å². The van der Waals surface area contributed by atoms with Gasteiger partial charge in [0.25, 0.3) is 0 Å². The quantitative estimate of drug-likeness (QED) is 0.169. The second-order valence-electron chi connectivity index (χ2n) is 15.6. The van der Waals surface area contributed by atoms with Crippen molar-refractivity contribution in [1.29, 1.82) is 0 Å². The first-order valence-electron chi connectivity index (χ1n) is 19.8. The van der Waals surface area contributed by atoms with Crippen molar-refractivity contribution in [3.8, 4) is 66.8 Å². The number of hydrogen-bond donors (Lipinski definition) is 0. The van der Waals surface area contributed by atoms with Crippen LogP contribution in [0.15, 0.2) is 182 Å². The van der Waals surface area contributed by atoms with Crippen molar-refractivity contribution in [1.82, 2.24) is 0 Å². The van der Waals surface area contributed by atoms with Gasteiger partial charge in [0.15, 0.2) is 0 Å². The molecule has 0 amide bonds. The first-order chi connectivity index (χ1) is 28.1. The Morgan fingerprint density at radius 1 is 0.281 bits per heavy atom. The zero-order chi connectivity index (χ0) is 37.8. The number of aryl methyl sites for hydroxylation is 2. The van der Waals surface area contributed by atoms with Crippen LogP contribution in [0.3, 0.4) is 0 Å². The molecule has 0 fully saturated rings. The standard InChI is InChI=1S/C56H36S/c1-33-23-27-36(28-24-33)48-38-15-6-7-16-39(38)49(37-29-25-34(2)26-30-37)54-46-32-31-43(41-20-12-21-45(51(41)46)53(48)54)52-42-18-9-8-17-40(42)50(35-13-4-3-5-14-35)55-44-19-10-11-22-47(44)57-56(52)55/h3-32H,1-2H3. The molecule has 12 rings (SSSR count).